The summed E-state index contributed by atoms with van der Waals surface area (Å²) < 4.78 is 13.1. The number of hydrogen-bond acceptors (Lipinski definition) is 3. The van der Waals surface area contributed by atoms with Gasteiger partial charge in [-0.25, -0.2) is 4.39 Å². The summed E-state index contributed by atoms with van der Waals surface area (Å²) in [5, 5.41) is 8.65. The summed E-state index contributed by atoms with van der Waals surface area (Å²) in [5.74, 6) is -1.19. The van der Waals surface area contributed by atoms with Crippen LogP contribution in [0.4, 0.5) is 10.1 Å². The Morgan fingerprint density at radius 1 is 1.47 bits per heavy atom. The Morgan fingerprint density at radius 3 is 3.00 bits per heavy atom. The molecule has 0 unspecified atom stereocenters. The van der Waals surface area contributed by atoms with E-state index in [0.717, 1.165) is 6.20 Å². The van der Waals surface area contributed by atoms with E-state index in [1.807, 2.05) is 0 Å². The molecule has 76 valence electrons. The van der Waals surface area contributed by atoms with Crippen molar-refractivity contribution in [3.05, 3.63) is 42.2 Å². The van der Waals surface area contributed by atoms with E-state index in [1.165, 1.54) is 24.7 Å². The zero-order valence-corrected chi connectivity index (χ0v) is 7.57. The van der Waals surface area contributed by atoms with Crippen LogP contribution in [0.25, 0.3) is 0 Å². The molecule has 2 heterocycles. The Balaban J connectivity index is 2.19. The lowest BCUT2D eigenvalue weighted by molar-refractivity contribution is 0.102. The van der Waals surface area contributed by atoms with Crippen molar-refractivity contribution in [3.8, 4) is 0 Å². The second kappa shape index (κ2) is 3.87. The third-order valence-corrected chi connectivity index (χ3v) is 1.77. The average molecular weight is 206 g/mol. The number of amides is 1. The number of nitrogens with one attached hydrogen (secondary N) is 2. The molecule has 6 heteroatoms. The first-order chi connectivity index (χ1) is 7.27. The van der Waals surface area contributed by atoms with Crippen LogP contribution in [0.3, 0.4) is 0 Å². The normalized spacial score (nSPS) is 9.93. The Morgan fingerprint density at radius 2 is 2.33 bits per heavy atom. The molecule has 15 heavy (non-hydrogen) atoms. The van der Waals surface area contributed by atoms with E-state index in [-0.39, 0.29) is 5.56 Å². The molecule has 0 aliphatic heterocycles. The number of aromatic amines is 1. The lowest BCUT2D eigenvalue weighted by Crippen LogP contribution is -2.13. The van der Waals surface area contributed by atoms with Gasteiger partial charge in [0, 0.05) is 12.4 Å². The molecule has 0 saturated carbocycles. The standard InChI is InChI=1S/C9H7FN4O/c10-8-5-11-2-1-7(8)9(15)14-6-3-12-13-4-6/h1-5H,(H,12,13)(H,14,15). The van der Waals surface area contributed by atoms with E-state index in [0.29, 0.717) is 5.69 Å². The number of anilines is 1. The maximum atomic E-state index is 13.1. The molecule has 0 spiro atoms. The van der Waals surface area contributed by atoms with Gasteiger partial charge in [-0.3, -0.25) is 14.9 Å². The Hall–Kier alpha value is -2.24. The Labute approximate surface area is 84.3 Å². The number of carbonyl (C=O) groups excluding carboxylic acids is 1. The van der Waals surface area contributed by atoms with Gasteiger partial charge in [-0.2, -0.15) is 5.10 Å². The molecule has 0 radical (unpaired) electrons. The van der Waals surface area contributed by atoms with Crippen molar-refractivity contribution >= 4 is 11.6 Å². The molecule has 0 bridgehead atoms. The van der Waals surface area contributed by atoms with Gasteiger partial charge < -0.3 is 5.32 Å². The fourth-order valence-corrected chi connectivity index (χ4v) is 1.08. The molecule has 1 amide bonds. The molecule has 0 aliphatic rings. The highest BCUT2D eigenvalue weighted by molar-refractivity contribution is 6.04. The minimum absolute atomic E-state index is 0.0498. The number of aromatic nitrogens is 3. The summed E-state index contributed by atoms with van der Waals surface area (Å²) in [6.45, 7) is 0. The minimum atomic E-state index is -0.654. The number of rotatable bonds is 2. The topological polar surface area (TPSA) is 70.7 Å². The lowest BCUT2D eigenvalue weighted by atomic mass is 10.2. The fraction of sp³-hybridized carbons (Fsp3) is 0. The van der Waals surface area contributed by atoms with Crippen molar-refractivity contribution in [2.24, 2.45) is 0 Å². The van der Waals surface area contributed by atoms with E-state index >= 15 is 0 Å². The lowest BCUT2D eigenvalue weighted by Gasteiger charge is -2.02. The van der Waals surface area contributed by atoms with Gasteiger partial charge >= 0.3 is 0 Å². The number of hydrogen-bond donors (Lipinski definition) is 2. The zero-order valence-electron chi connectivity index (χ0n) is 7.57. The smallest absolute Gasteiger partial charge is 0.258 e. The largest absolute Gasteiger partial charge is 0.319 e. The maximum Gasteiger partial charge on any atom is 0.258 e. The molecular formula is C9H7FN4O. The van der Waals surface area contributed by atoms with Crippen molar-refractivity contribution in [1.82, 2.24) is 15.2 Å². The predicted octanol–water partition coefficient (Wildman–Crippen LogP) is 1.20. The number of halogens is 1. The Kier molecular flexibility index (Phi) is 2.40. The number of H-pyrrole nitrogens is 1. The first-order valence-electron chi connectivity index (χ1n) is 4.17. The van der Waals surface area contributed by atoms with Gasteiger partial charge in [-0.05, 0) is 6.07 Å². The van der Waals surface area contributed by atoms with Crippen LogP contribution in [0.2, 0.25) is 0 Å². The van der Waals surface area contributed by atoms with Gasteiger partial charge in [0.2, 0.25) is 0 Å². The third-order valence-electron chi connectivity index (χ3n) is 1.77. The van der Waals surface area contributed by atoms with Crippen LogP contribution >= 0.6 is 0 Å². The van der Waals surface area contributed by atoms with Crippen molar-refractivity contribution in [3.63, 3.8) is 0 Å². The molecule has 0 aliphatic carbocycles. The van der Waals surface area contributed by atoms with Gasteiger partial charge in [-0.1, -0.05) is 0 Å². The number of nitrogens with zero attached hydrogens (tertiary/aromatic N) is 2. The monoisotopic (exact) mass is 206 g/mol. The van der Waals surface area contributed by atoms with E-state index in [1.54, 1.807) is 0 Å². The predicted molar refractivity (Wildman–Crippen MR) is 50.7 cm³/mol. The van der Waals surface area contributed by atoms with Crippen LogP contribution in [0.1, 0.15) is 10.4 Å². The second-order valence-electron chi connectivity index (χ2n) is 2.80. The van der Waals surface area contributed by atoms with Gasteiger partial charge in [0.1, 0.15) is 0 Å². The van der Waals surface area contributed by atoms with Crippen molar-refractivity contribution < 1.29 is 9.18 Å². The molecule has 5 nitrogen and oxygen atoms in total. The molecule has 0 fully saturated rings. The first-order valence-corrected chi connectivity index (χ1v) is 4.17. The quantitative estimate of drug-likeness (QED) is 0.775. The minimum Gasteiger partial charge on any atom is -0.319 e. The highest BCUT2D eigenvalue weighted by atomic mass is 19.1. The van der Waals surface area contributed by atoms with Crippen molar-refractivity contribution in [2.45, 2.75) is 0 Å². The van der Waals surface area contributed by atoms with Crippen LogP contribution in [-0.4, -0.2) is 21.1 Å². The molecule has 0 atom stereocenters. The highest BCUT2D eigenvalue weighted by Crippen LogP contribution is 2.08. The van der Waals surface area contributed by atoms with E-state index in [2.05, 4.69) is 20.5 Å². The highest BCUT2D eigenvalue weighted by Gasteiger charge is 2.11. The fourth-order valence-electron chi connectivity index (χ4n) is 1.08. The zero-order chi connectivity index (χ0) is 10.7. The molecule has 2 N–H and O–H groups in total. The van der Waals surface area contributed by atoms with E-state index < -0.39 is 11.7 Å². The summed E-state index contributed by atoms with van der Waals surface area (Å²) in [7, 11) is 0. The van der Waals surface area contributed by atoms with Crippen LogP contribution < -0.4 is 5.32 Å². The second-order valence-corrected chi connectivity index (χ2v) is 2.80. The summed E-state index contributed by atoms with van der Waals surface area (Å²) in [5.41, 5.74) is 0.433. The average Bonchev–Trinajstić information content (AvgIpc) is 2.71. The van der Waals surface area contributed by atoms with E-state index in [9.17, 15) is 9.18 Å². The van der Waals surface area contributed by atoms with Gasteiger partial charge in [-0.15, -0.1) is 0 Å². The van der Waals surface area contributed by atoms with Crippen LogP contribution in [-0.2, 0) is 0 Å². The van der Waals surface area contributed by atoms with E-state index in [4.69, 9.17) is 0 Å². The maximum absolute atomic E-state index is 13.1. The Bertz CT molecular complexity index is 469. The summed E-state index contributed by atoms with van der Waals surface area (Å²) >= 11 is 0. The molecule has 2 aromatic heterocycles. The van der Waals surface area contributed by atoms with Gasteiger partial charge in [0.15, 0.2) is 5.82 Å². The van der Waals surface area contributed by atoms with Crippen LogP contribution in [0.5, 0.6) is 0 Å². The molecular weight excluding hydrogens is 199 g/mol. The first kappa shape index (κ1) is 9.32. The summed E-state index contributed by atoms with van der Waals surface area (Å²) in [4.78, 5) is 15.1. The number of carbonyl (C=O) groups is 1. The van der Waals surface area contributed by atoms with Gasteiger partial charge in [0.25, 0.3) is 5.91 Å². The molecule has 2 rings (SSSR count). The van der Waals surface area contributed by atoms with Crippen molar-refractivity contribution in [1.29, 1.82) is 0 Å². The van der Waals surface area contributed by atoms with Crippen molar-refractivity contribution in [2.75, 3.05) is 5.32 Å². The third kappa shape index (κ3) is 1.98. The van der Waals surface area contributed by atoms with Crippen LogP contribution in [0.15, 0.2) is 30.9 Å². The summed E-state index contributed by atoms with van der Waals surface area (Å²) in [6, 6.07) is 1.31. The van der Waals surface area contributed by atoms with Crippen LogP contribution in [0, 0.1) is 5.82 Å². The summed E-state index contributed by atoms with van der Waals surface area (Å²) in [6.07, 6.45) is 5.27. The number of pyridine rings is 1. The SMILES string of the molecule is O=C(Nc1cn[nH]c1)c1ccncc1F. The molecule has 2 aromatic rings. The molecule has 0 saturated heterocycles. The van der Waals surface area contributed by atoms with Gasteiger partial charge in [0.05, 0.1) is 23.6 Å². The molecule has 0 aromatic carbocycles.